The van der Waals surface area contributed by atoms with Gasteiger partial charge in [0.25, 0.3) is 0 Å². The molecule has 1 aromatic heterocycles. The van der Waals surface area contributed by atoms with Gasteiger partial charge in [-0.25, -0.2) is 4.68 Å². The Hall–Kier alpha value is -1.11. The van der Waals surface area contributed by atoms with Crippen molar-refractivity contribution in [2.75, 3.05) is 41.0 Å². The second kappa shape index (κ2) is 6.72. The van der Waals surface area contributed by atoms with Crippen molar-refractivity contribution in [3.05, 3.63) is 11.3 Å². The quantitative estimate of drug-likeness (QED) is 0.761. The van der Waals surface area contributed by atoms with Crippen LogP contribution in [0.3, 0.4) is 0 Å². The monoisotopic (exact) mass is 256 g/mol. The van der Waals surface area contributed by atoms with Gasteiger partial charge in [-0.3, -0.25) is 4.90 Å². The Kier molecular flexibility index (Phi) is 5.58. The molecular weight excluding hydrogens is 232 g/mol. The molecule has 0 radical (unpaired) electrons. The lowest BCUT2D eigenvalue weighted by Crippen LogP contribution is -2.33. The largest absolute Gasteiger partial charge is 0.481 e. The number of aryl methyl sites for hydroxylation is 2. The Morgan fingerprint density at radius 3 is 2.61 bits per heavy atom. The summed E-state index contributed by atoms with van der Waals surface area (Å²) in [6.45, 7) is 3.98. The summed E-state index contributed by atoms with van der Waals surface area (Å²) >= 11 is 0. The zero-order chi connectivity index (χ0) is 13.7. The van der Waals surface area contributed by atoms with Gasteiger partial charge < -0.3 is 15.2 Å². The van der Waals surface area contributed by atoms with Crippen LogP contribution in [0.4, 0.5) is 0 Å². The van der Waals surface area contributed by atoms with Crippen LogP contribution >= 0.6 is 0 Å². The minimum absolute atomic E-state index is 0.0869. The van der Waals surface area contributed by atoms with Crippen LogP contribution in [0.2, 0.25) is 0 Å². The molecule has 1 atom stereocenters. The van der Waals surface area contributed by atoms with E-state index in [1.54, 1.807) is 18.9 Å². The second-order valence-electron chi connectivity index (χ2n) is 4.36. The predicted molar refractivity (Wildman–Crippen MR) is 70.8 cm³/mol. The molecular formula is C12H24N4O2. The van der Waals surface area contributed by atoms with E-state index >= 15 is 0 Å². The normalized spacial score (nSPS) is 13.1. The van der Waals surface area contributed by atoms with Gasteiger partial charge in [-0.2, -0.15) is 5.10 Å². The van der Waals surface area contributed by atoms with Crippen molar-refractivity contribution < 1.29 is 9.47 Å². The third-order valence-corrected chi connectivity index (χ3v) is 3.14. The van der Waals surface area contributed by atoms with Crippen LogP contribution < -0.4 is 10.5 Å². The molecule has 0 spiro atoms. The molecule has 0 saturated heterocycles. The van der Waals surface area contributed by atoms with Crippen molar-refractivity contribution >= 4 is 0 Å². The van der Waals surface area contributed by atoms with E-state index in [9.17, 15) is 0 Å². The molecule has 0 fully saturated rings. The first-order valence-corrected chi connectivity index (χ1v) is 6.03. The number of rotatable bonds is 7. The van der Waals surface area contributed by atoms with Crippen LogP contribution in [-0.4, -0.2) is 55.6 Å². The average molecular weight is 256 g/mol. The molecule has 6 nitrogen and oxygen atoms in total. The van der Waals surface area contributed by atoms with Crippen LogP contribution in [0.25, 0.3) is 0 Å². The van der Waals surface area contributed by atoms with Gasteiger partial charge in [-0.05, 0) is 14.0 Å². The van der Waals surface area contributed by atoms with Gasteiger partial charge in [-0.1, -0.05) is 0 Å². The van der Waals surface area contributed by atoms with Crippen LogP contribution in [0, 0.1) is 6.92 Å². The van der Waals surface area contributed by atoms with E-state index in [2.05, 4.69) is 10.00 Å². The second-order valence-corrected chi connectivity index (χ2v) is 4.36. The van der Waals surface area contributed by atoms with E-state index < -0.39 is 0 Å². The standard InChI is InChI=1S/C12H24N4O2/c1-9-11(12(18-5)16(3)14-9)10(8-13)15(2)6-7-17-4/h10H,6-8,13H2,1-5H3. The Bertz CT molecular complexity index is 378. The summed E-state index contributed by atoms with van der Waals surface area (Å²) in [5, 5.41) is 4.39. The number of methoxy groups -OCH3 is 2. The summed E-state index contributed by atoms with van der Waals surface area (Å²) < 4.78 is 12.3. The van der Waals surface area contributed by atoms with Crippen molar-refractivity contribution in [3.8, 4) is 5.88 Å². The summed E-state index contributed by atoms with van der Waals surface area (Å²) in [6.07, 6.45) is 0. The van der Waals surface area contributed by atoms with Crippen LogP contribution in [0.1, 0.15) is 17.3 Å². The average Bonchev–Trinajstić information content (AvgIpc) is 2.62. The highest BCUT2D eigenvalue weighted by atomic mass is 16.5. The zero-order valence-corrected chi connectivity index (χ0v) is 11.9. The molecule has 0 saturated carbocycles. The van der Waals surface area contributed by atoms with Gasteiger partial charge in [-0.15, -0.1) is 0 Å². The summed E-state index contributed by atoms with van der Waals surface area (Å²) in [5.41, 5.74) is 7.91. The van der Waals surface area contributed by atoms with Crippen molar-refractivity contribution in [3.63, 3.8) is 0 Å². The molecule has 0 aromatic carbocycles. The molecule has 1 heterocycles. The third kappa shape index (κ3) is 3.01. The van der Waals surface area contributed by atoms with Gasteiger partial charge in [0.05, 0.1) is 31.0 Å². The number of aromatic nitrogens is 2. The van der Waals surface area contributed by atoms with Gasteiger partial charge in [0.2, 0.25) is 5.88 Å². The van der Waals surface area contributed by atoms with Gasteiger partial charge >= 0.3 is 0 Å². The lowest BCUT2D eigenvalue weighted by atomic mass is 10.1. The van der Waals surface area contributed by atoms with Crippen molar-refractivity contribution in [2.24, 2.45) is 12.8 Å². The molecule has 1 aromatic rings. The van der Waals surface area contributed by atoms with Gasteiger partial charge in [0.15, 0.2) is 0 Å². The minimum atomic E-state index is 0.0869. The molecule has 104 valence electrons. The van der Waals surface area contributed by atoms with Crippen LogP contribution in [-0.2, 0) is 11.8 Å². The van der Waals surface area contributed by atoms with Crippen LogP contribution in [0.5, 0.6) is 5.88 Å². The molecule has 0 aliphatic carbocycles. The topological polar surface area (TPSA) is 65.5 Å². The zero-order valence-electron chi connectivity index (χ0n) is 11.9. The van der Waals surface area contributed by atoms with E-state index in [1.807, 2.05) is 21.0 Å². The van der Waals surface area contributed by atoms with Crippen molar-refractivity contribution in [1.29, 1.82) is 0 Å². The highest BCUT2D eigenvalue weighted by Crippen LogP contribution is 2.30. The maximum Gasteiger partial charge on any atom is 0.216 e. The Morgan fingerprint density at radius 2 is 2.11 bits per heavy atom. The number of nitrogens with zero attached hydrogens (tertiary/aromatic N) is 3. The number of nitrogens with two attached hydrogens (primary N) is 1. The van der Waals surface area contributed by atoms with E-state index in [0.717, 1.165) is 23.7 Å². The van der Waals surface area contributed by atoms with Crippen molar-refractivity contribution in [2.45, 2.75) is 13.0 Å². The Morgan fingerprint density at radius 1 is 1.44 bits per heavy atom. The van der Waals surface area contributed by atoms with Gasteiger partial charge in [0.1, 0.15) is 0 Å². The molecule has 0 amide bonds. The highest BCUT2D eigenvalue weighted by Gasteiger charge is 2.25. The summed E-state index contributed by atoms with van der Waals surface area (Å²) in [5.74, 6) is 0.771. The molecule has 1 rings (SSSR count). The highest BCUT2D eigenvalue weighted by molar-refractivity contribution is 5.34. The molecule has 0 aliphatic heterocycles. The summed E-state index contributed by atoms with van der Waals surface area (Å²) in [6, 6.07) is 0.0869. The SMILES string of the molecule is COCCN(C)C(CN)c1c(C)nn(C)c1OC. The lowest BCUT2D eigenvalue weighted by Gasteiger charge is -2.27. The number of hydrogen-bond acceptors (Lipinski definition) is 5. The van der Waals surface area contributed by atoms with E-state index in [0.29, 0.717) is 13.2 Å². The first-order valence-electron chi connectivity index (χ1n) is 6.03. The number of ether oxygens (including phenoxy) is 2. The van der Waals surface area contributed by atoms with Crippen molar-refractivity contribution in [1.82, 2.24) is 14.7 Å². The van der Waals surface area contributed by atoms with E-state index in [-0.39, 0.29) is 6.04 Å². The maximum absolute atomic E-state index is 5.90. The minimum Gasteiger partial charge on any atom is -0.481 e. The first kappa shape index (κ1) is 14.9. The number of likely N-dealkylation sites (N-methyl/N-ethyl adjacent to an activating group) is 1. The van der Waals surface area contributed by atoms with Crippen LogP contribution in [0.15, 0.2) is 0 Å². The summed E-state index contributed by atoms with van der Waals surface area (Å²) in [4.78, 5) is 2.16. The van der Waals surface area contributed by atoms with E-state index in [1.165, 1.54) is 0 Å². The Balaban J connectivity index is 3.00. The molecule has 1 unspecified atom stereocenters. The maximum atomic E-state index is 5.90. The lowest BCUT2D eigenvalue weighted by molar-refractivity contribution is 0.139. The van der Waals surface area contributed by atoms with E-state index in [4.69, 9.17) is 15.2 Å². The fourth-order valence-electron chi connectivity index (χ4n) is 2.19. The fourth-order valence-corrected chi connectivity index (χ4v) is 2.19. The smallest absolute Gasteiger partial charge is 0.216 e. The molecule has 0 aliphatic rings. The Labute approximate surface area is 109 Å². The molecule has 2 N–H and O–H groups in total. The number of hydrogen-bond donors (Lipinski definition) is 1. The molecule has 6 heteroatoms. The first-order chi connectivity index (χ1) is 8.56. The summed E-state index contributed by atoms with van der Waals surface area (Å²) in [7, 11) is 7.25. The predicted octanol–water partition coefficient (Wildman–Crippen LogP) is 0.315. The molecule has 0 bridgehead atoms. The third-order valence-electron chi connectivity index (χ3n) is 3.14. The van der Waals surface area contributed by atoms with Gasteiger partial charge in [0, 0.05) is 27.2 Å². The molecule has 18 heavy (non-hydrogen) atoms. The fraction of sp³-hybridized carbons (Fsp3) is 0.750.